The van der Waals surface area contributed by atoms with Gasteiger partial charge >= 0.3 is 11.9 Å². The van der Waals surface area contributed by atoms with Gasteiger partial charge in [-0.2, -0.15) is 0 Å². The molecule has 0 aliphatic rings. The molecule has 7 nitrogen and oxygen atoms in total. The second-order valence-corrected chi connectivity index (χ2v) is 3.68. The lowest BCUT2D eigenvalue weighted by Gasteiger charge is -2.12. The number of benzene rings is 1. The number of ether oxygens (including phenoxy) is 1. The number of rotatable bonds is 5. The first-order chi connectivity index (χ1) is 9.43. The fourth-order valence-electron chi connectivity index (χ4n) is 1.35. The summed E-state index contributed by atoms with van der Waals surface area (Å²) in [6.45, 7) is 0.866. The molecule has 0 fully saturated rings. The van der Waals surface area contributed by atoms with Crippen molar-refractivity contribution in [3.8, 4) is 0 Å². The van der Waals surface area contributed by atoms with Crippen LogP contribution in [-0.2, 0) is 19.1 Å². The largest absolute Gasteiger partial charge is 0.480 e. The van der Waals surface area contributed by atoms with E-state index in [1.54, 1.807) is 24.3 Å². The molecular weight excluding hydrogens is 264 g/mol. The highest BCUT2D eigenvalue weighted by atomic mass is 16.5. The molecule has 1 atom stereocenters. The molecule has 5 N–H and O–H groups in total. The summed E-state index contributed by atoms with van der Waals surface area (Å²) in [6.07, 6.45) is 0. The lowest BCUT2D eigenvalue weighted by molar-refractivity contribution is -0.147. The Morgan fingerprint density at radius 2 is 1.70 bits per heavy atom. The maximum atomic E-state index is 11.5. The van der Waals surface area contributed by atoms with E-state index in [2.05, 4.69) is 10.5 Å². The summed E-state index contributed by atoms with van der Waals surface area (Å²) in [5, 5.41) is 7.60. The highest BCUT2D eigenvalue weighted by Gasteiger charge is 2.26. The van der Waals surface area contributed by atoms with Crippen molar-refractivity contribution in [2.24, 2.45) is 11.5 Å². The van der Waals surface area contributed by atoms with Crippen molar-refractivity contribution < 1.29 is 24.2 Å². The Kier molecular flexibility index (Phi) is 8.56. The van der Waals surface area contributed by atoms with Gasteiger partial charge in [-0.3, -0.25) is 20.1 Å². The van der Waals surface area contributed by atoms with Crippen LogP contribution in [0.15, 0.2) is 30.3 Å². The number of esters is 1. The zero-order valence-corrected chi connectivity index (χ0v) is 11.1. The van der Waals surface area contributed by atoms with Gasteiger partial charge in [0, 0.05) is 0 Å². The number of hydrogen-bond donors (Lipinski definition) is 3. The summed E-state index contributed by atoms with van der Waals surface area (Å²) in [6, 6.07) is 8.77. The summed E-state index contributed by atoms with van der Waals surface area (Å²) in [7, 11) is 0. The van der Waals surface area contributed by atoms with Gasteiger partial charge in [-0.1, -0.05) is 30.3 Å². The van der Waals surface area contributed by atoms with Crippen molar-refractivity contribution >= 4 is 17.7 Å². The van der Waals surface area contributed by atoms with Gasteiger partial charge in [0.1, 0.15) is 18.4 Å². The Bertz CT molecular complexity index is 447. The summed E-state index contributed by atoms with van der Waals surface area (Å²) in [5.74, 6) is -2.68. The van der Waals surface area contributed by atoms with Gasteiger partial charge in [-0.25, -0.2) is 0 Å². The molecule has 0 radical (unpaired) electrons. The Morgan fingerprint density at radius 1 is 1.20 bits per heavy atom. The minimum atomic E-state index is -0.968. The minimum Gasteiger partial charge on any atom is -0.480 e. The molecular formula is C13H18N2O5. The molecule has 20 heavy (non-hydrogen) atoms. The van der Waals surface area contributed by atoms with E-state index < -0.39 is 17.9 Å². The van der Waals surface area contributed by atoms with Crippen molar-refractivity contribution in [1.82, 2.24) is 0 Å². The van der Waals surface area contributed by atoms with Crippen molar-refractivity contribution in [3.63, 3.8) is 0 Å². The zero-order chi connectivity index (χ0) is 15.5. The zero-order valence-electron chi connectivity index (χ0n) is 11.1. The maximum Gasteiger partial charge on any atom is 0.322 e. The van der Waals surface area contributed by atoms with Crippen LogP contribution in [0.1, 0.15) is 18.4 Å². The van der Waals surface area contributed by atoms with Crippen LogP contribution >= 0.6 is 0 Å². The van der Waals surface area contributed by atoms with Gasteiger partial charge in [0.05, 0.1) is 6.54 Å². The van der Waals surface area contributed by atoms with Gasteiger partial charge in [0.15, 0.2) is 0 Å². The van der Waals surface area contributed by atoms with E-state index in [1.165, 1.54) is 6.92 Å². The van der Waals surface area contributed by atoms with E-state index in [9.17, 15) is 14.4 Å². The smallest absolute Gasteiger partial charge is 0.322 e. The van der Waals surface area contributed by atoms with Crippen LogP contribution in [0.3, 0.4) is 0 Å². The van der Waals surface area contributed by atoms with Crippen LogP contribution in [0.25, 0.3) is 0 Å². The average Bonchev–Trinajstić information content (AvgIpc) is 2.40. The standard InChI is InChI=1S/C11H13NO3.C2H5NO2/c1-8(13)10(11(14)15-7-12)9-5-3-2-4-6-9;3-1-2(4)5/h2-6,10H,7,12H2,1H3;1,3H2,(H,4,5). The van der Waals surface area contributed by atoms with Gasteiger partial charge in [0.2, 0.25) is 0 Å². The Morgan fingerprint density at radius 3 is 2.05 bits per heavy atom. The molecule has 0 bridgehead atoms. The van der Waals surface area contributed by atoms with Gasteiger partial charge in [-0.15, -0.1) is 0 Å². The van der Waals surface area contributed by atoms with Crippen LogP contribution in [0.2, 0.25) is 0 Å². The van der Waals surface area contributed by atoms with Crippen LogP contribution in [-0.4, -0.2) is 36.1 Å². The Hall–Kier alpha value is -2.25. The quantitative estimate of drug-likeness (QED) is 0.388. The topological polar surface area (TPSA) is 133 Å². The number of nitrogens with two attached hydrogens (primary N) is 2. The number of hydrogen-bond acceptors (Lipinski definition) is 6. The predicted octanol–water partition coefficient (Wildman–Crippen LogP) is -0.152. The Labute approximate surface area is 116 Å². The monoisotopic (exact) mass is 282 g/mol. The van der Waals surface area contributed by atoms with Crippen LogP contribution in [0, 0.1) is 0 Å². The van der Waals surface area contributed by atoms with Crippen molar-refractivity contribution in [2.75, 3.05) is 13.3 Å². The third kappa shape index (κ3) is 6.62. The number of carbonyl (C=O) groups is 3. The van der Waals surface area contributed by atoms with E-state index in [0.29, 0.717) is 5.56 Å². The van der Waals surface area contributed by atoms with Crippen LogP contribution in [0.4, 0.5) is 0 Å². The number of carboxylic acid groups (broad SMARTS) is 1. The maximum absolute atomic E-state index is 11.5. The van der Waals surface area contributed by atoms with Crippen molar-refractivity contribution in [3.05, 3.63) is 35.9 Å². The summed E-state index contributed by atoms with van der Waals surface area (Å²) in [4.78, 5) is 32.0. The number of ketones is 1. The molecule has 1 aromatic rings. The third-order valence-electron chi connectivity index (χ3n) is 2.18. The Balaban J connectivity index is 0.000000621. The number of carboxylic acids is 1. The molecule has 0 heterocycles. The fourth-order valence-corrected chi connectivity index (χ4v) is 1.35. The van der Waals surface area contributed by atoms with E-state index in [4.69, 9.17) is 10.8 Å². The fraction of sp³-hybridized carbons (Fsp3) is 0.308. The summed E-state index contributed by atoms with van der Waals surface area (Å²) < 4.78 is 4.64. The summed E-state index contributed by atoms with van der Waals surface area (Å²) in [5.41, 5.74) is 10.3. The summed E-state index contributed by atoms with van der Waals surface area (Å²) >= 11 is 0. The number of carbonyl (C=O) groups excluding carboxylic acids is 2. The lowest BCUT2D eigenvalue weighted by atomic mass is 9.96. The molecule has 0 saturated carbocycles. The minimum absolute atomic E-state index is 0.213. The third-order valence-corrected chi connectivity index (χ3v) is 2.18. The first-order valence-electron chi connectivity index (χ1n) is 5.78. The normalized spacial score (nSPS) is 10.8. The second kappa shape index (κ2) is 9.65. The van der Waals surface area contributed by atoms with Crippen molar-refractivity contribution in [1.29, 1.82) is 0 Å². The molecule has 1 rings (SSSR count). The average molecular weight is 282 g/mol. The molecule has 0 aliphatic carbocycles. The molecule has 1 unspecified atom stereocenters. The first kappa shape index (κ1) is 17.8. The van der Waals surface area contributed by atoms with Crippen molar-refractivity contribution in [2.45, 2.75) is 12.8 Å². The van der Waals surface area contributed by atoms with Gasteiger partial charge in [-0.05, 0) is 12.5 Å². The first-order valence-corrected chi connectivity index (χ1v) is 5.78. The predicted molar refractivity (Wildman–Crippen MR) is 71.7 cm³/mol. The van der Waals surface area contributed by atoms with E-state index >= 15 is 0 Å². The lowest BCUT2D eigenvalue weighted by Crippen LogP contribution is -2.24. The number of aliphatic carboxylic acids is 1. The number of Topliss-reactive ketones (excluding diaryl/α,β-unsaturated/α-hetero) is 1. The molecule has 0 saturated heterocycles. The molecule has 0 spiro atoms. The van der Waals surface area contributed by atoms with Crippen LogP contribution in [0.5, 0.6) is 0 Å². The highest BCUT2D eigenvalue weighted by Crippen LogP contribution is 2.17. The SMILES string of the molecule is CC(=O)C(C(=O)OCN)c1ccccc1.NCC(=O)O. The molecule has 0 aliphatic heterocycles. The van der Waals surface area contributed by atoms with Gasteiger partial charge < -0.3 is 15.6 Å². The second-order valence-electron chi connectivity index (χ2n) is 3.68. The van der Waals surface area contributed by atoms with E-state index in [-0.39, 0.29) is 19.1 Å². The molecule has 7 heteroatoms. The molecule has 0 aromatic heterocycles. The van der Waals surface area contributed by atoms with E-state index in [1.807, 2.05) is 6.07 Å². The van der Waals surface area contributed by atoms with E-state index in [0.717, 1.165) is 0 Å². The molecule has 110 valence electrons. The van der Waals surface area contributed by atoms with Crippen LogP contribution < -0.4 is 11.5 Å². The molecule has 0 amide bonds. The van der Waals surface area contributed by atoms with Gasteiger partial charge in [0.25, 0.3) is 0 Å². The highest BCUT2D eigenvalue weighted by molar-refractivity contribution is 6.03. The molecule has 1 aromatic carbocycles.